The molecular weight excluding hydrogens is 376 g/mol. The Morgan fingerprint density at radius 2 is 1.60 bits per heavy atom. The van der Waals surface area contributed by atoms with Crippen molar-refractivity contribution in [2.45, 2.75) is 46.0 Å². The number of carbonyl (C=O) groups is 2. The summed E-state index contributed by atoms with van der Waals surface area (Å²) in [6.07, 6.45) is 5.47. The number of likely N-dealkylation sites (tertiary alicyclic amines) is 1. The minimum absolute atomic E-state index is 0.0642. The maximum atomic E-state index is 12.6. The lowest BCUT2D eigenvalue weighted by Crippen LogP contribution is -2.37. The van der Waals surface area contributed by atoms with Crippen LogP contribution in [0.5, 0.6) is 5.75 Å². The molecule has 0 unspecified atom stereocenters. The van der Waals surface area contributed by atoms with E-state index in [1.807, 2.05) is 17.0 Å². The average Bonchev–Trinajstić information content (AvgIpc) is 2.78. The Morgan fingerprint density at radius 3 is 2.23 bits per heavy atom. The molecule has 0 aliphatic carbocycles. The lowest BCUT2D eigenvalue weighted by atomic mass is 9.98. The van der Waals surface area contributed by atoms with Crippen LogP contribution in [0.4, 0.5) is 5.69 Å². The summed E-state index contributed by atoms with van der Waals surface area (Å²) in [7, 11) is 0. The minimum atomic E-state index is -0.184. The van der Waals surface area contributed by atoms with Gasteiger partial charge in [0.05, 0.1) is 6.61 Å². The zero-order chi connectivity index (χ0) is 21.3. The molecule has 0 radical (unpaired) electrons. The number of benzene rings is 2. The molecule has 0 atom stereocenters. The first-order chi connectivity index (χ1) is 14.6. The number of hydrogen-bond acceptors (Lipinski definition) is 3. The molecule has 2 aromatic carbocycles. The number of piperidine rings is 1. The quantitative estimate of drug-likeness (QED) is 0.597. The van der Waals surface area contributed by atoms with Crippen LogP contribution in [0.25, 0.3) is 0 Å². The first-order valence-corrected chi connectivity index (χ1v) is 11.0. The first-order valence-electron chi connectivity index (χ1n) is 11.0. The third kappa shape index (κ3) is 6.09. The van der Waals surface area contributed by atoms with E-state index in [9.17, 15) is 9.59 Å². The van der Waals surface area contributed by atoms with Crippen molar-refractivity contribution >= 4 is 17.5 Å². The van der Waals surface area contributed by atoms with Gasteiger partial charge in [-0.3, -0.25) is 9.59 Å². The third-order valence-corrected chi connectivity index (χ3v) is 5.59. The summed E-state index contributed by atoms with van der Waals surface area (Å²) in [6, 6.07) is 14.3. The second-order valence-electron chi connectivity index (χ2n) is 8.09. The van der Waals surface area contributed by atoms with Gasteiger partial charge < -0.3 is 15.0 Å². The number of carbonyl (C=O) groups excluding carboxylic acids is 2. The van der Waals surface area contributed by atoms with E-state index in [4.69, 9.17) is 4.74 Å². The fourth-order valence-corrected chi connectivity index (χ4v) is 3.54. The molecule has 1 aliphatic rings. The van der Waals surface area contributed by atoms with Gasteiger partial charge in [0.15, 0.2) is 0 Å². The maximum Gasteiger partial charge on any atom is 0.255 e. The summed E-state index contributed by atoms with van der Waals surface area (Å²) >= 11 is 0. The first kappa shape index (κ1) is 21.9. The van der Waals surface area contributed by atoms with Crippen LogP contribution >= 0.6 is 0 Å². The molecule has 1 aliphatic heterocycles. The molecule has 0 aromatic heterocycles. The highest BCUT2D eigenvalue weighted by molar-refractivity contribution is 6.04. The smallest absolute Gasteiger partial charge is 0.255 e. The van der Waals surface area contributed by atoms with Crippen molar-refractivity contribution in [3.63, 3.8) is 0 Å². The Labute approximate surface area is 179 Å². The van der Waals surface area contributed by atoms with E-state index >= 15 is 0 Å². The number of unbranched alkanes of at least 4 members (excludes halogenated alkanes) is 2. The summed E-state index contributed by atoms with van der Waals surface area (Å²) in [6.45, 7) is 6.72. The molecule has 5 nitrogen and oxygen atoms in total. The van der Waals surface area contributed by atoms with Crippen LogP contribution in [0.3, 0.4) is 0 Å². The zero-order valence-corrected chi connectivity index (χ0v) is 18.0. The topological polar surface area (TPSA) is 58.6 Å². The van der Waals surface area contributed by atoms with Gasteiger partial charge in [-0.25, -0.2) is 0 Å². The molecule has 5 heteroatoms. The zero-order valence-electron chi connectivity index (χ0n) is 18.0. The van der Waals surface area contributed by atoms with Gasteiger partial charge in [0, 0.05) is 29.9 Å². The maximum absolute atomic E-state index is 12.6. The summed E-state index contributed by atoms with van der Waals surface area (Å²) < 4.78 is 5.68. The highest BCUT2D eigenvalue weighted by Gasteiger charge is 2.21. The standard InChI is InChI=1S/C25H32N2O3/c1-3-4-5-18-30-23-12-8-20(9-13-23)24(28)26-22-10-6-21(7-11-22)25(29)27-16-14-19(2)15-17-27/h6-13,19H,3-5,14-18H2,1-2H3,(H,26,28). The largest absolute Gasteiger partial charge is 0.494 e. The highest BCUT2D eigenvalue weighted by atomic mass is 16.5. The third-order valence-electron chi connectivity index (χ3n) is 5.59. The number of nitrogens with zero attached hydrogens (tertiary/aromatic N) is 1. The molecule has 0 spiro atoms. The Kier molecular flexibility index (Phi) is 7.89. The van der Waals surface area contributed by atoms with Crippen LogP contribution in [0.2, 0.25) is 0 Å². The molecule has 1 N–H and O–H groups in total. The summed E-state index contributed by atoms with van der Waals surface area (Å²) in [5.41, 5.74) is 1.90. The second-order valence-corrected chi connectivity index (χ2v) is 8.09. The lowest BCUT2D eigenvalue weighted by Gasteiger charge is -2.30. The SMILES string of the molecule is CCCCCOc1ccc(C(=O)Nc2ccc(C(=O)N3CCC(C)CC3)cc2)cc1. The molecule has 3 rings (SSSR count). The van der Waals surface area contributed by atoms with Crippen LogP contribution < -0.4 is 10.1 Å². The van der Waals surface area contributed by atoms with Gasteiger partial charge >= 0.3 is 0 Å². The molecule has 2 aromatic rings. The predicted molar refractivity (Wildman–Crippen MR) is 120 cm³/mol. The predicted octanol–water partition coefficient (Wildman–Crippen LogP) is 5.38. The van der Waals surface area contributed by atoms with Crippen LogP contribution in [0.15, 0.2) is 48.5 Å². The van der Waals surface area contributed by atoms with Crippen molar-refractivity contribution in [3.8, 4) is 5.75 Å². The van der Waals surface area contributed by atoms with E-state index in [0.29, 0.717) is 29.3 Å². The van der Waals surface area contributed by atoms with E-state index < -0.39 is 0 Å². The Bertz CT molecular complexity index is 822. The molecule has 160 valence electrons. The van der Waals surface area contributed by atoms with Crippen molar-refractivity contribution in [3.05, 3.63) is 59.7 Å². The van der Waals surface area contributed by atoms with Crippen molar-refractivity contribution in [2.75, 3.05) is 25.0 Å². The Balaban J connectivity index is 1.52. The molecule has 0 saturated carbocycles. The fraction of sp³-hybridized carbons (Fsp3) is 0.440. The summed E-state index contributed by atoms with van der Waals surface area (Å²) in [5, 5.41) is 2.88. The molecule has 30 heavy (non-hydrogen) atoms. The average molecular weight is 409 g/mol. The molecular formula is C25H32N2O3. The Morgan fingerprint density at radius 1 is 0.967 bits per heavy atom. The van der Waals surface area contributed by atoms with Gasteiger partial charge in [-0.05, 0) is 73.7 Å². The number of ether oxygens (including phenoxy) is 1. The van der Waals surface area contributed by atoms with Crippen molar-refractivity contribution < 1.29 is 14.3 Å². The molecule has 1 heterocycles. The van der Waals surface area contributed by atoms with Crippen LogP contribution in [-0.4, -0.2) is 36.4 Å². The summed E-state index contributed by atoms with van der Waals surface area (Å²) in [4.78, 5) is 27.0. The molecule has 1 fully saturated rings. The van der Waals surface area contributed by atoms with Crippen LogP contribution in [-0.2, 0) is 0 Å². The minimum Gasteiger partial charge on any atom is -0.494 e. The van der Waals surface area contributed by atoms with Crippen molar-refractivity contribution in [1.82, 2.24) is 4.90 Å². The highest BCUT2D eigenvalue weighted by Crippen LogP contribution is 2.20. The fourth-order valence-electron chi connectivity index (χ4n) is 3.54. The van der Waals surface area contributed by atoms with Gasteiger partial charge in [-0.15, -0.1) is 0 Å². The molecule has 2 amide bonds. The summed E-state index contributed by atoms with van der Waals surface area (Å²) in [5.74, 6) is 1.34. The van der Waals surface area contributed by atoms with Gasteiger partial charge in [-0.1, -0.05) is 26.7 Å². The number of rotatable bonds is 8. The van der Waals surface area contributed by atoms with Crippen LogP contribution in [0, 0.1) is 5.92 Å². The van der Waals surface area contributed by atoms with E-state index in [1.165, 1.54) is 0 Å². The van der Waals surface area contributed by atoms with E-state index in [0.717, 1.165) is 50.9 Å². The van der Waals surface area contributed by atoms with Gasteiger partial charge in [0.1, 0.15) is 5.75 Å². The number of anilines is 1. The normalized spacial score (nSPS) is 14.4. The monoisotopic (exact) mass is 408 g/mol. The van der Waals surface area contributed by atoms with Crippen molar-refractivity contribution in [2.24, 2.45) is 5.92 Å². The van der Waals surface area contributed by atoms with E-state index in [1.54, 1.807) is 36.4 Å². The van der Waals surface area contributed by atoms with Gasteiger partial charge in [0.25, 0.3) is 11.8 Å². The van der Waals surface area contributed by atoms with E-state index in [-0.39, 0.29) is 11.8 Å². The lowest BCUT2D eigenvalue weighted by molar-refractivity contribution is 0.0697. The van der Waals surface area contributed by atoms with Crippen molar-refractivity contribution in [1.29, 1.82) is 0 Å². The van der Waals surface area contributed by atoms with Crippen LogP contribution in [0.1, 0.15) is 66.7 Å². The van der Waals surface area contributed by atoms with E-state index in [2.05, 4.69) is 19.2 Å². The van der Waals surface area contributed by atoms with Gasteiger partial charge in [-0.2, -0.15) is 0 Å². The second kappa shape index (κ2) is 10.8. The Hall–Kier alpha value is -2.82. The number of hydrogen-bond donors (Lipinski definition) is 1. The molecule has 1 saturated heterocycles. The van der Waals surface area contributed by atoms with Gasteiger partial charge in [0.2, 0.25) is 0 Å². The number of nitrogens with one attached hydrogen (secondary N) is 1. The molecule has 0 bridgehead atoms. The number of amides is 2.